The summed E-state index contributed by atoms with van der Waals surface area (Å²) in [5, 5.41) is 27.8. The van der Waals surface area contributed by atoms with Gasteiger partial charge in [-0.2, -0.15) is 0 Å². The number of halogens is 4. The number of likely N-dealkylation sites (tertiary alicyclic amines) is 2. The van der Waals surface area contributed by atoms with Crippen LogP contribution in [0.15, 0.2) is 239 Å². The Morgan fingerprint density at radius 2 is 0.744 bits per heavy atom. The van der Waals surface area contributed by atoms with Crippen LogP contribution in [0.2, 0.25) is 0 Å². The third-order valence-electron chi connectivity index (χ3n) is 21.3. The van der Waals surface area contributed by atoms with Crippen LogP contribution in [0.1, 0.15) is 81.4 Å². The van der Waals surface area contributed by atoms with E-state index in [1.165, 1.54) is 95.0 Å². The number of carbonyl (C=O) groups excluding carboxylic acids is 3. The summed E-state index contributed by atoms with van der Waals surface area (Å²) in [5.41, 5.74) is 14.0. The molecule has 0 atom stereocenters. The Morgan fingerprint density at radius 3 is 1.09 bits per heavy atom. The molecule has 3 aliphatic rings. The third kappa shape index (κ3) is 22.6. The fourth-order valence-electron chi connectivity index (χ4n) is 14.5. The van der Waals surface area contributed by atoms with Gasteiger partial charge in [0.15, 0.2) is 43.8 Å². The van der Waals surface area contributed by atoms with Crippen molar-refractivity contribution in [3.63, 3.8) is 0 Å². The predicted molar refractivity (Wildman–Crippen MR) is 432 cm³/mol. The minimum atomic E-state index is -4.74. The highest BCUT2D eigenvalue weighted by atomic mass is 32.2. The van der Waals surface area contributed by atoms with Crippen LogP contribution in [0.25, 0.3) is 33.4 Å². The molecular formula is C87H97F4N5O18S3. The number of hydroxylamine groups is 3. The second-order valence-corrected chi connectivity index (χ2v) is 35.3. The first-order valence-corrected chi connectivity index (χ1v) is 42.9. The molecule has 117 heavy (non-hydrogen) atoms. The average Bonchev–Trinajstić information content (AvgIpc) is 0.752. The molecule has 0 unspecified atom stereocenters. The molecule has 9 aromatic rings. The van der Waals surface area contributed by atoms with Crippen LogP contribution in [0.5, 0.6) is 23.0 Å². The van der Waals surface area contributed by atoms with Gasteiger partial charge in [-0.1, -0.05) is 134 Å². The Morgan fingerprint density at radius 1 is 0.419 bits per heavy atom. The Bertz CT molecular complexity index is 5070. The fraction of sp³-hybridized carbons (Fsp3) is 0.345. The molecule has 30 heteroatoms. The number of nitrogens with zero attached hydrogens (tertiary/aromatic N) is 2. The van der Waals surface area contributed by atoms with Crippen LogP contribution < -0.4 is 35.4 Å². The van der Waals surface area contributed by atoms with E-state index in [9.17, 15) is 67.6 Å². The van der Waals surface area contributed by atoms with Gasteiger partial charge in [-0.25, -0.2) is 46.1 Å². The Balaban J connectivity index is 0.000000185. The molecule has 0 radical (unpaired) electrons. The second kappa shape index (κ2) is 41.3. The molecule has 0 bridgehead atoms. The van der Waals surface area contributed by atoms with E-state index in [1.54, 1.807) is 66.6 Å². The van der Waals surface area contributed by atoms with Crippen molar-refractivity contribution < 1.29 is 101 Å². The standard InChI is InChI=1S/C30H35FN2O6S.C29H34N2O5S.C28H28F3NO7S/c1-38-21-19-33-17-15-30(16-18-33,29(34)32-35)40(36,37)28-13-11-27(12-14-28)39-20-3-5-23-4-2-6-25(22-23)24-7-9-26(31)10-8-24;1-2-31-19-17-29(18-20-31,28(32)30-33)37(34,35)27-15-13-26(14-16-27)36-21-7-9-23-8-6-12-25(22-23)24-10-4-3-5-11-24;29-28(30,31)39-24-8-6-21(7-9-24)22-5-1-3-20(19-22)4-2-16-38-23-10-12-25(13-11-23)40(35,36)27(26(33)32-34)14-17-37-18-15-27/h2,4,6-14,22,35H,3,5,15-21H2,1H3,(H,32,34);3-6,8,10-16,22,33H,2,7,9,17-21H2,1H3,(H,30,32);1,3,5-13,19,34H,2,4,14-18H2,(H,32,33). The van der Waals surface area contributed by atoms with Gasteiger partial charge in [0, 0.05) is 53.0 Å². The van der Waals surface area contributed by atoms with Crippen LogP contribution in [0.4, 0.5) is 17.6 Å². The van der Waals surface area contributed by atoms with Crippen LogP contribution in [0, 0.1) is 5.82 Å². The van der Waals surface area contributed by atoms with Gasteiger partial charge in [0.2, 0.25) is 0 Å². The van der Waals surface area contributed by atoms with Gasteiger partial charge in [0.05, 0.1) is 41.1 Å². The molecule has 3 heterocycles. The number of carbonyl (C=O) groups is 3. The van der Waals surface area contributed by atoms with Crippen LogP contribution in [-0.4, -0.2) is 175 Å². The quantitative estimate of drug-likeness (QED) is 0.00987. The molecule has 6 N–H and O–H groups in total. The lowest BCUT2D eigenvalue weighted by atomic mass is 9.95. The van der Waals surface area contributed by atoms with Gasteiger partial charge in [0.25, 0.3) is 17.7 Å². The number of benzene rings is 9. The lowest BCUT2D eigenvalue weighted by molar-refractivity contribution is -0.274. The Labute approximate surface area is 679 Å². The summed E-state index contributed by atoms with van der Waals surface area (Å²) < 4.78 is 158. The summed E-state index contributed by atoms with van der Waals surface area (Å²) in [4.78, 5) is 41.8. The molecule has 0 aromatic heterocycles. The summed E-state index contributed by atoms with van der Waals surface area (Å²) in [6.07, 6.45) is 0.0165. The smallest absolute Gasteiger partial charge is 0.494 e. The Hall–Kier alpha value is -10.1. The van der Waals surface area contributed by atoms with Crippen molar-refractivity contribution in [3.05, 3.63) is 247 Å². The highest BCUT2D eigenvalue weighted by molar-refractivity contribution is 7.94. The fourth-order valence-corrected chi connectivity index (χ4v) is 20.4. The molecule has 624 valence electrons. The van der Waals surface area contributed by atoms with Crippen molar-refractivity contribution in [1.82, 2.24) is 26.2 Å². The number of rotatable bonds is 32. The van der Waals surface area contributed by atoms with Crippen LogP contribution >= 0.6 is 0 Å². The van der Waals surface area contributed by atoms with E-state index in [-0.39, 0.29) is 78.0 Å². The third-order valence-corrected chi connectivity index (χ3v) is 28.8. The van der Waals surface area contributed by atoms with Gasteiger partial charge in [-0.3, -0.25) is 30.0 Å². The van der Waals surface area contributed by atoms with Crippen molar-refractivity contribution in [2.75, 3.05) is 86.0 Å². The molecule has 0 spiro atoms. The van der Waals surface area contributed by atoms with E-state index in [0.717, 1.165) is 65.6 Å². The highest BCUT2D eigenvalue weighted by Gasteiger charge is 2.55. The number of nitrogens with one attached hydrogen (secondary N) is 3. The number of amides is 3. The zero-order chi connectivity index (χ0) is 83.7. The number of methoxy groups -OCH3 is 1. The number of hydrogen-bond donors (Lipinski definition) is 6. The maximum atomic E-state index is 13.6. The van der Waals surface area contributed by atoms with Crippen molar-refractivity contribution in [1.29, 1.82) is 0 Å². The summed E-state index contributed by atoms with van der Waals surface area (Å²) in [6, 6.07) is 64.5. The minimum Gasteiger partial charge on any atom is -0.494 e. The normalized spacial score (nSPS) is 15.5. The van der Waals surface area contributed by atoms with Crippen LogP contribution in [0.3, 0.4) is 0 Å². The maximum absolute atomic E-state index is 13.6. The molecule has 3 fully saturated rings. The monoisotopic (exact) mass is 1670 g/mol. The molecule has 3 amide bonds. The largest absolute Gasteiger partial charge is 0.573 e. The average molecular weight is 1670 g/mol. The van der Waals surface area contributed by atoms with Gasteiger partial charge in [-0.05, 0) is 231 Å². The van der Waals surface area contributed by atoms with Gasteiger partial charge in [-0.15, -0.1) is 13.2 Å². The number of hydrogen-bond acceptors (Lipinski definition) is 20. The lowest BCUT2D eigenvalue weighted by Crippen LogP contribution is -2.57. The molecule has 12 rings (SSSR count). The molecule has 9 aromatic carbocycles. The molecule has 3 aliphatic heterocycles. The first-order valence-electron chi connectivity index (χ1n) is 38.4. The van der Waals surface area contributed by atoms with Crippen molar-refractivity contribution in [2.45, 2.75) is 119 Å². The zero-order valence-corrected chi connectivity index (χ0v) is 67.4. The summed E-state index contributed by atoms with van der Waals surface area (Å²) >= 11 is 0. The van der Waals surface area contributed by atoms with Crippen molar-refractivity contribution in [2.24, 2.45) is 0 Å². The molecular weight excluding hydrogens is 1580 g/mol. The number of ether oxygens (including phenoxy) is 6. The number of alkyl halides is 3. The summed E-state index contributed by atoms with van der Waals surface area (Å²) in [6.45, 7) is 7.09. The summed E-state index contributed by atoms with van der Waals surface area (Å²) in [5.74, 6) is -1.77. The number of piperidine rings is 2. The maximum Gasteiger partial charge on any atom is 0.573 e. The molecule has 23 nitrogen and oxygen atoms in total. The highest BCUT2D eigenvalue weighted by Crippen LogP contribution is 2.40. The van der Waals surface area contributed by atoms with Gasteiger partial charge >= 0.3 is 6.36 Å². The predicted octanol–water partition coefficient (Wildman–Crippen LogP) is 13.9. The van der Waals surface area contributed by atoms with E-state index in [1.807, 2.05) is 72.5 Å². The zero-order valence-electron chi connectivity index (χ0n) is 64.9. The van der Waals surface area contributed by atoms with Crippen molar-refractivity contribution in [3.8, 4) is 56.4 Å². The first-order chi connectivity index (χ1) is 56.2. The molecule has 0 aliphatic carbocycles. The molecule has 0 saturated carbocycles. The van der Waals surface area contributed by atoms with E-state index in [4.69, 9.17) is 28.9 Å². The van der Waals surface area contributed by atoms with E-state index >= 15 is 0 Å². The van der Waals surface area contributed by atoms with E-state index in [0.29, 0.717) is 89.2 Å². The SMILES string of the molecule is CCN1CCC(C(=O)NO)(S(=O)(=O)c2ccc(OCCCc3cccc(-c4ccccc4)c3)cc2)CC1.COCCN1CCC(C(=O)NO)(S(=O)(=O)c2ccc(OCCCc3cccc(-c4ccc(F)cc4)c3)cc2)CC1.O=C(NO)C1(S(=O)(=O)c2ccc(OCCCc3cccc(-c4ccc(OC(F)(F)F)cc4)c3)cc2)CCOCC1. The Kier molecular flexibility index (Phi) is 31.5. The minimum absolute atomic E-state index is 0.00593. The first kappa shape index (κ1) is 89.2. The van der Waals surface area contributed by atoms with Crippen LogP contribution in [-0.2, 0) is 72.6 Å². The lowest BCUT2D eigenvalue weighted by Gasteiger charge is -2.39. The number of aryl methyl sites for hydroxylation is 3. The number of sulfone groups is 3. The molecule has 3 saturated heterocycles. The van der Waals surface area contributed by atoms with Gasteiger partial charge in [0.1, 0.15) is 28.8 Å². The second-order valence-electron chi connectivity index (χ2n) is 28.5. The summed E-state index contributed by atoms with van der Waals surface area (Å²) in [7, 11) is -10.6. The van der Waals surface area contributed by atoms with Gasteiger partial charge < -0.3 is 38.2 Å². The van der Waals surface area contributed by atoms with E-state index < -0.39 is 67.8 Å². The van der Waals surface area contributed by atoms with E-state index in [2.05, 4.69) is 52.1 Å². The van der Waals surface area contributed by atoms with Crippen molar-refractivity contribution >= 4 is 47.2 Å². The topological polar surface area (TPSA) is 312 Å².